The minimum absolute atomic E-state index is 0. The van der Waals surface area contributed by atoms with E-state index in [4.69, 9.17) is 4.74 Å². The molecule has 1 unspecified atom stereocenters. The molecule has 31 heavy (non-hydrogen) atoms. The van der Waals surface area contributed by atoms with Gasteiger partial charge >= 0.3 is 0 Å². The fourth-order valence-corrected chi connectivity index (χ4v) is 3.93. The smallest absolute Gasteiger partial charge is 0.123 e. The SMILES string of the molecule is COc1cccc([C@@H](C)NC(C)c2cc(-c3ccc(F)cc3)c3ccccc3c2)c1.Cl. The lowest BCUT2D eigenvalue weighted by Crippen LogP contribution is -2.22. The predicted molar refractivity (Wildman–Crippen MR) is 130 cm³/mol. The molecule has 2 atom stereocenters. The van der Waals surface area contributed by atoms with Crippen molar-refractivity contribution in [1.82, 2.24) is 5.32 Å². The number of benzene rings is 4. The van der Waals surface area contributed by atoms with Crippen LogP contribution < -0.4 is 10.1 Å². The molecular weight excluding hydrogens is 409 g/mol. The number of halogens is 2. The summed E-state index contributed by atoms with van der Waals surface area (Å²) in [5.74, 6) is 0.638. The van der Waals surface area contributed by atoms with Crippen molar-refractivity contribution in [1.29, 1.82) is 0 Å². The van der Waals surface area contributed by atoms with Crippen LogP contribution in [0.2, 0.25) is 0 Å². The van der Waals surface area contributed by atoms with Gasteiger partial charge in [-0.05, 0) is 83.3 Å². The van der Waals surface area contributed by atoms with E-state index >= 15 is 0 Å². The van der Waals surface area contributed by atoms with Crippen LogP contribution in [0.3, 0.4) is 0 Å². The Balaban J connectivity index is 0.00000272. The fourth-order valence-electron chi connectivity index (χ4n) is 3.93. The molecule has 0 aromatic heterocycles. The van der Waals surface area contributed by atoms with Gasteiger partial charge in [0, 0.05) is 12.1 Å². The van der Waals surface area contributed by atoms with Crippen LogP contribution in [0.25, 0.3) is 21.9 Å². The predicted octanol–water partition coefficient (Wildman–Crippen LogP) is 7.49. The standard InChI is InChI=1S/C27H26FNO.ClH/c1-18(21-8-6-9-25(16-21)30-3)29-19(2)23-15-22-7-4-5-10-26(22)27(17-23)20-11-13-24(28)14-12-20;/h4-19,29H,1-3H3;1H/t18-,19?;/m1./s1. The van der Waals surface area contributed by atoms with E-state index in [9.17, 15) is 4.39 Å². The van der Waals surface area contributed by atoms with Gasteiger partial charge < -0.3 is 10.1 Å². The van der Waals surface area contributed by atoms with Gasteiger partial charge in [-0.2, -0.15) is 0 Å². The summed E-state index contributed by atoms with van der Waals surface area (Å²) < 4.78 is 18.8. The highest BCUT2D eigenvalue weighted by molar-refractivity contribution is 5.97. The Hall–Kier alpha value is -2.88. The monoisotopic (exact) mass is 435 g/mol. The molecule has 1 N–H and O–H groups in total. The second-order valence-corrected chi connectivity index (χ2v) is 7.68. The van der Waals surface area contributed by atoms with Gasteiger partial charge in [0.25, 0.3) is 0 Å². The highest BCUT2D eigenvalue weighted by Gasteiger charge is 2.15. The van der Waals surface area contributed by atoms with Crippen LogP contribution in [0.5, 0.6) is 5.75 Å². The zero-order chi connectivity index (χ0) is 21.1. The average molecular weight is 436 g/mol. The van der Waals surface area contributed by atoms with Gasteiger partial charge in [0.2, 0.25) is 0 Å². The maximum absolute atomic E-state index is 13.5. The van der Waals surface area contributed by atoms with E-state index in [0.29, 0.717) is 0 Å². The van der Waals surface area contributed by atoms with Crippen molar-refractivity contribution in [3.63, 3.8) is 0 Å². The molecule has 0 aliphatic rings. The summed E-state index contributed by atoms with van der Waals surface area (Å²) in [5, 5.41) is 6.05. The molecule has 0 aliphatic heterocycles. The van der Waals surface area contributed by atoms with Gasteiger partial charge in [-0.25, -0.2) is 4.39 Å². The third-order valence-corrected chi connectivity index (χ3v) is 5.63. The van der Waals surface area contributed by atoms with E-state index in [2.05, 4.69) is 61.6 Å². The molecular formula is C27H27ClFNO. The first-order valence-electron chi connectivity index (χ1n) is 10.2. The first kappa shape index (κ1) is 22.8. The third kappa shape index (κ3) is 5.07. The van der Waals surface area contributed by atoms with E-state index in [0.717, 1.165) is 16.9 Å². The first-order valence-corrected chi connectivity index (χ1v) is 10.2. The fraction of sp³-hybridized carbons (Fsp3) is 0.185. The summed E-state index contributed by atoms with van der Waals surface area (Å²) in [7, 11) is 1.69. The molecule has 0 aliphatic carbocycles. The Morgan fingerprint density at radius 3 is 2.23 bits per heavy atom. The molecule has 0 spiro atoms. The minimum Gasteiger partial charge on any atom is -0.497 e. The van der Waals surface area contributed by atoms with Gasteiger partial charge in [0.15, 0.2) is 0 Å². The molecule has 0 heterocycles. The van der Waals surface area contributed by atoms with Crippen LogP contribution in [-0.2, 0) is 0 Å². The highest BCUT2D eigenvalue weighted by Crippen LogP contribution is 2.33. The van der Waals surface area contributed by atoms with Crippen LogP contribution in [0, 0.1) is 5.82 Å². The van der Waals surface area contributed by atoms with Crippen molar-refractivity contribution >= 4 is 23.2 Å². The van der Waals surface area contributed by atoms with Crippen LogP contribution in [-0.4, -0.2) is 7.11 Å². The summed E-state index contributed by atoms with van der Waals surface area (Å²) in [6, 6.07) is 28.0. The average Bonchev–Trinajstić information content (AvgIpc) is 2.79. The maximum atomic E-state index is 13.5. The number of hydrogen-bond donors (Lipinski definition) is 1. The lowest BCUT2D eigenvalue weighted by Gasteiger charge is -2.22. The van der Waals surface area contributed by atoms with E-state index in [1.807, 2.05) is 30.3 Å². The van der Waals surface area contributed by atoms with Gasteiger partial charge in [-0.3, -0.25) is 0 Å². The Bertz CT molecular complexity index is 1160. The Morgan fingerprint density at radius 1 is 0.774 bits per heavy atom. The summed E-state index contributed by atoms with van der Waals surface area (Å²) in [4.78, 5) is 0. The van der Waals surface area contributed by atoms with Gasteiger partial charge in [-0.1, -0.05) is 48.5 Å². The van der Waals surface area contributed by atoms with Gasteiger partial charge in [-0.15, -0.1) is 12.4 Å². The number of rotatable bonds is 6. The molecule has 4 heteroatoms. The number of fused-ring (bicyclic) bond motifs is 1. The first-order chi connectivity index (χ1) is 14.5. The zero-order valence-corrected chi connectivity index (χ0v) is 18.7. The summed E-state index contributed by atoms with van der Waals surface area (Å²) in [6.45, 7) is 4.34. The number of nitrogens with one attached hydrogen (secondary N) is 1. The molecule has 4 rings (SSSR count). The zero-order valence-electron chi connectivity index (χ0n) is 17.9. The van der Waals surface area contributed by atoms with E-state index in [-0.39, 0.29) is 30.3 Å². The van der Waals surface area contributed by atoms with Crippen molar-refractivity contribution in [2.45, 2.75) is 25.9 Å². The Labute approximate surface area is 189 Å². The van der Waals surface area contributed by atoms with Crippen molar-refractivity contribution in [3.8, 4) is 16.9 Å². The summed E-state index contributed by atoms with van der Waals surface area (Å²) in [6.07, 6.45) is 0. The molecule has 0 saturated heterocycles. The van der Waals surface area contributed by atoms with Crippen molar-refractivity contribution in [2.24, 2.45) is 0 Å². The summed E-state index contributed by atoms with van der Waals surface area (Å²) in [5.41, 5.74) is 4.51. The molecule has 0 radical (unpaired) electrons. The largest absolute Gasteiger partial charge is 0.497 e. The lowest BCUT2D eigenvalue weighted by molar-refractivity contribution is 0.412. The van der Waals surface area contributed by atoms with Gasteiger partial charge in [0.1, 0.15) is 11.6 Å². The molecule has 0 fully saturated rings. The highest BCUT2D eigenvalue weighted by atomic mass is 35.5. The molecule has 0 amide bonds. The quantitative estimate of drug-likeness (QED) is 0.338. The number of hydrogen-bond acceptors (Lipinski definition) is 2. The van der Waals surface area contributed by atoms with Gasteiger partial charge in [0.05, 0.1) is 7.11 Å². The third-order valence-electron chi connectivity index (χ3n) is 5.63. The summed E-state index contributed by atoms with van der Waals surface area (Å²) >= 11 is 0. The maximum Gasteiger partial charge on any atom is 0.123 e. The molecule has 2 nitrogen and oxygen atoms in total. The second-order valence-electron chi connectivity index (χ2n) is 7.68. The van der Waals surface area contributed by atoms with E-state index in [1.54, 1.807) is 7.11 Å². The topological polar surface area (TPSA) is 21.3 Å². The normalized spacial score (nSPS) is 12.8. The Kier molecular flexibility index (Phi) is 7.32. The molecule has 0 saturated carbocycles. The Morgan fingerprint density at radius 2 is 1.48 bits per heavy atom. The van der Waals surface area contributed by atoms with E-state index < -0.39 is 0 Å². The molecule has 4 aromatic carbocycles. The van der Waals surface area contributed by atoms with Crippen LogP contribution in [0.1, 0.15) is 37.1 Å². The number of ether oxygens (including phenoxy) is 1. The van der Waals surface area contributed by atoms with Crippen molar-refractivity contribution in [2.75, 3.05) is 7.11 Å². The van der Waals surface area contributed by atoms with Crippen molar-refractivity contribution < 1.29 is 9.13 Å². The van der Waals surface area contributed by atoms with Crippen molar-refractivity contribution in [3.05, 3.63) is 102 Å². The van der Waals surface area contributed by atoms with Crippen LogP contribution in [0.15, 0.2) is 84.9 Å². The lowest BCUT2D eigenvalue weighted by atomic mass is 9.93. The molecule has 160 valence electrons. The van der Waals surface area contributed by atoms with Crippen LogP contribution >= 0.6 is 12.4 Å². The number of methoxy groups -OCH3 is 1. The second kappa shape index (κ2) is 9.95. The molecule has 0 bridgehead atoms. The minimum atomic E-state index is -0.221. The van der Waals surface area contributed by atoms with Crippen LogP contribution in [0.4, 0.5) is 4.39 Å². The molecule has 4 aromatic rings. The van der Waals surface area contributed by atoms with E-state index in [1.165, 1.54) is 34.0 Å².